The predicted octanol–water partition coefficient (Wildman–Crippen LogP) is 4.99. The summed E-state index contributed by atoms with van der Waals surface area (Å²) in [5, 5.41) is 0. The first-order valence-electron chi connectivity index (χ1n) is 12.8. The lowest BCUT2D eigenvalue weighted by molar-refractivity contribution is -0.133. The summed E-state index contributed by atoms with van der Waals surface area (Å²) in [4.78, 5) is 28.9. The highest BCUT2D eigenvalue weighted by Crippen LogP contribution is 2.29. The van der Waals surface area contributed by atoms with Gasteiger partial charge in [0.05, 0.1) is 0 Å². The van der Waals surface area contributed by atoms with Crippen LogP contribution in [-0.4, -0.2) is 47.8 Å². The van der Waals surface area contributed by atoms with Crippen LogP contribution in [0.1, 0.15) is 81.8 Å². The van der Waals surface area contributed by atoms with Crippen LogP contribution in [0.25, 0.3) is 0 Å². The van der Waals surface area contributed by atoms with E-state index in [1.54, 1.807) is 0 Å². The second-order valence-electron chi connectivity index (χ2n) is 10.1. The van der Waals surface area contributed by atoms with Crippen LogP contribution in [0.3, 0.4) is 0 Å². The summed E-state index contributed by atoms with van der Waals surface area (Å²) < 4.78 is 0. The zero-order valence-electron chi connectivity index (χ0n) is 19.2. The van der Waals surface area contributed by atoms with E-state index in [-0.39, 0.29) is 0 Å². The van der Waals surface area contributed by atoms with E-state index in [1.807, 2.05) is 4.90 Å². The molecular weight excluding hydrogens is 384 g/mol. The van der Waals surface area contributed by atoms with Crippen LogP contribution >= 0.6 is 0 Å². The molecule has 4 rings (SSSR count). The van der Waals surface area contributed by atoms with Crippen LogP contribution < -0.4 is 0 Å². The van der Waals surface area contributed by atoms with E-state index in [1.165, 1.54) is 36.8 Å². The molecule has 0 atom stereocenters. The molecule has 1 aromatic rings. The lowest BCUT2D eigenvalue weighted by atomic mass is 9.89. The van der Waals surface area contributed by atoms with Gasteiger partial charge >= 0.3 is 0 Å². The Kier molecular flexibility index (Phi) is 8.04. The molecule has 3 fully saturated rings. The lowest BCUT2D eigenvalue weighted by Crippen LogP contribution is -2.38. The van der Waals surface area contributed by atoms with Crippen molar-refractivity contribution in [2.75, 3.05) is 26.2 Å². The summed E-state index contributed by atoms with van der Waals surface area (Å²) >= 11 is 0. The van der Waals surface area contributed by atoms with Crippen molar-refractivity contribution in [2.45, 2.75) is 83.5 Å². The maximum Gasteiger partial charge on any atom is 0.222 e. The first-order chi connectivity index (χ1) is 15.2. The number of benzene rings is 1. The third kappa shape index (κ3) is 6.57. The molecule has 3 aliphatic rings. The Labute approximate surface area is 188 Å². The molecule has 4 heteroatoms. The van der Waals surface area contributed by atoms with Gasteiger partial charge in [0.1, 0.15) is 0 Å². The molecular formula is C27H40N2O2. The maximum atomic E-state index is 12.5. The number of rotatable bonds is 8. The van der Waals surface area contributed by atoms with Crippen molar-refractivity contribution < 1.29 is 9.59 Å². The molecule has 4 nitrogen and oxygen atoms in total. The third-order valence-corrected chi connectivity index (χ3v) is 7.84. The van der Waals surface area contributed by atoms with Crippen LogP contribution in [0.15, 0.2) is 24.3 Å². The Morgan fingerprint density at radius 3 is 1.94 bits per heavy atom. The molecule has 31 heavy (non-hydrogen) atoms. The fraction of sp³-hybridized carbons (Fsp3) is 0.704. The maximum absolute atomic E-state index is 12.5. The van der Waals surface area contributed by atoms with Gasteiger partial charge in [-0.05, 0) is 67.9 Å². The molecule has 0 aromatic heterocycles. The summed E-state index contributed by atoms with van der Waals surface area (Å²) in [6.07, 6.45) is 14.4. The molecule has 0 bridgehead atoms. The quantitative estimate of drug-likeness (QED) is 0.590. The van der Waals surface area contributed by atoms with Crippen LogP contribution in [0, 0.1) is 11.8 Å². The molecule has 2 aliphatic heterocycles. The van der Waals surface area contributed by atoms with Crippen molar-refractivity contribution in [1.82, 2.24) is 9.80 Å². The fourth-order valence-corrected chi connectivity index (χ4v) is 5.72. The van der Waals surface area contributed by atoms with Crippen LogP contribution in [0.2, 0.25) is 0 Å². The SMILES string of the molecule is O=C(CCc1ccc(CC2CCN(C(=O)CCC3CCCC3)CC2)cc1)N1CCCC1. The molecule has 2 heterocycles. The minimum absolute atomic E-state index is 0.311. The summed E-state index contributed by atoms with van der Waals surface area (Å²) in [5.74, 6) is 2.19. The van der Waals surface area contributed by atoms with Gasteiger partial charge in [-0.25, -0.2) is 0 Å². The van der Waals surface area contributed by atoms with Crippen molar-refractivity contribution in [3.8, 4) is 0 Å². The van der Waals surface area contributed by atoms with Gasteiger partial charge in [-0.1, -0.05) is 49.9 Å². The van der Waals surface area contributed by atoms with Gasteiger partial charge in [0, 0.05) is 39.0 Å². The molecule has 1 aliphatic carbocycles. The van der Waals surface area contributed by atoms with Crippen molar-refractivity contribution in [3.05, 3.63) is 35.4 Å². The molecule has 2 saturated heterocycles. The minimum atomic E-state index is 0.311. The van der Waals surface area contributed by atoms with Crippen molar-refractivity contribution in [3.63, 3.8) is 0 Å². The first kappa shape index (κ1) is 22.4. The molecule has 1 aromatic carbocycles. The van der Waals surface area contributed by atoms with Gasteiger partial charge in [0.15, 0.2) is 0 Å². The Morgan fingerprint density at radius 1 is 0.677 bits per heavy atom. The fourth-order valence-electron chi connectivity index (χ4n) is 5.72. The number of carbonyl (C=O) groups is 2. The van der Waals surface area contributed by atoms with E-state index < -0.39 is 0 Å². The highest BCUT2D eigenvalue weighted by molar-refractivity contribution is 5.77. The number of amides is 2. The van der Waals surface area contributed by atoms with E-state index in [0.717, 1.165) is 83.5 Å². The Balaban J connectivity index is 1.14. The standard InChI is InChI=1S/C27H40N2O2/c30-26(28-17-3-4-18-28)14-12-23-7-9-24(10-8-23)21-25-15-19-29(20-16-25)27(31)13-11-22-5-1-2-6-22/h7-10,22,25H,1-6,11-21H2. The molecule has 0 radical (unpaired) electrons. The largest absolute Gasteiger partial charge is 0.343 e. The van der Waals surface area contributed by atoms with Gasteiger partial charge < -0.3 is 9.80 Å². The summed E-state index contributed by atoms with van der Waals surface area (Å²) in [5.41, 5.74) is 2.65. The topological polar surface area (TPSA) is 40.6 Å². The number of aryl methyl sites for hydroxylation is 1. The van der Waals surface area contributed by atoms with Crippen LogP contribution in [0.5, 0.6) is 0 Å². The molecule has 1 saturated carbocycles. The first-order valence-corrected chi connectivity index (χ1v) is 12.8. The van der Waals surface area contributed by atoms with Gasteiger partial charge in [-0.2, -0.15) is 0 Å². The number of likely N-dealkylation sites (tertiary alicyclic amines) is 2. The van der Waals surface area contributed by atoms with E-state index in [9.17, 15) is 9.59 Å². The van der Waals surface area contributed by atoms with Crippen molar-refractivity contribution >= 4 is 11.8 Å². The molecule has 0 spiro atoms. The number of carbonyl (C=O) groups excluding carboxylic acids is 2. The van der Waals surface area contributed by atoms with Crippen LogP contribution in [-0.2, 0) is 22.4 Å². The molecule has 0 N–H and O–H groups in total. The normalized spacial score (nSPS) is 20.5. The minimum Gasteiger partial charge on any atom is -0.343 e. The van der Waals surface area contributed by atoms with E-state index >= 15 is 0 Å². The average molecular weight is 425 g/mol. The summed E-state index contributed by atoms with van der Waals surface area (Å²) in [7, 11) is 0. The molecule has 2 amide bonds. The number of hydrogen-bond donors (Lipinski definition) is 0. The number of hydrogen-bond acceptors (Lipinski definition) is 2. The second-order valence-corrected chi connectivity index (χ2v) is 10.1. The van der Waals surface area contributed by atoms with Crippen molar-refractivity contribution in [2.24, 2.45) is 11.8 Å². The average Bonchev–Trinajstić information content (AvgIpc) is 3.52. The predicted molar refractivity (Wildman–Crippen MR) is 125 cm³/mol. The Morgan fingerprint density at radius 2 is 1.26 bits per heavy atom. The Bertz CT molecular complexity index is 709. The van der Waals surface area contributed by atoms with Crippen molar-refractivity contribution in [1.29, 1.82) is 0 Å². The Hall–Kier alpha value is -1.84. The zero-order chi connectivity index (χ0) is 21.5. The van der Waals surface area contributed by atoms with Gasteiger partial charge in [-0.15, -0.1) is 0 Å². The second kappa shape index (κ2) is 11.2. The molecule has 170 valence electrons. The van der Waals surface area contributed by atoms with Crippen LogP contribution in [0.4, 0.5) is 0 Å². The van der Waals surface area contributed by atoms with Gasteiger partial charge in [0.25, 0.3) is 0 Å². The zero-order valence-corrected chi connectivity index (χ0v) is 19.2. The van der Waals surface area contributed by atoms with E-state index in [0.29, 0.717) is 24.2 Å². The summed E-state index contributed by atoms with van der Waals surface area (Å²) in [6, 6.07) is 8.89. The molecule has 0 unspecified atom stereocenters. The highest BCUT2D eigenvalue weighted by atomic mass is 16.2. The monoisotopic (exact) mass is 424 g/mol. The van der Waals surface area contributed by atoms with Gasteiger partial charge in [-0.3, -0.25) is 9.59 Å². The van der Waals surface area contributed by atoms with E-state index in [2.05, 4.69) is 29.2 Å². The lowest BCUT2D eigenvalue weighted by Gasteiger charge is -2.32. The highest BCUT2D eigenvalue weighted by Gasteiger charge is 2.24. The van der Waals surface area contributed by atoms with E-state index in [4.69, 9.17) is 0 Å². The number of nitrogens with zero attached hydrogens (tertiary/aromatic N) is 2. The summed E-state index contributed by atoms with van der Waals surface area (Å²) in [6.45, 7) is 3.77. The number of piperidine rings is 1. The van der Waals surface area contributed by atoms with Gasteiger partial charge in [0.2, 0.25) is 11.8 Å². The smallest absolute Gasteiger partial charge is 0.222 e. The third-order valence-electron chi connectivity index (χ3n) is 7.84.